The molecule has 0 fully saturated rings. The van der Waals surface area contributed by atoms with E-state index in [1.54, 1.807) is 4.80 Å². The number of rotatable bonds is 10. The maximum absolute atomic E-state index is 6.98. The smallest absolute Gasteiger partial charge is 0.143 e. The van der Waals surface area contributed by atoms with Crippen molar-refractivity contribution in [1.29, 1.82) is 0 Å². The Kier molecular flexibility index (Phi) is 9.73. The van der Waals surface area contributed by atoms with Crippen LogP contribution < -0.4 is 9.80 Å². The van der Waals surface area contributed by atoms with Gasteiger partial charge in [-0.05, 0) is 137 Å². The van der Waals surface area contributed by atoms with E-state index in [2.05, 4.69) is 228 Å². The summed E-state index contributed by atoms with van der Waals surface area (Å²) in [5.74, 6) is 0. The van der Waals surface area contributed by atoms with Crippen molar-refractivity contribution in [1.82, 2.24) is 15.0 Å². The summed E-state index contributed by atoms with van der Waals surface area (Å²) in [4.78, 5) is 6.29. The first-order chi connectivity index (χ1) is 32.7. The third kappa shape index (κ3) is 7.22. The molecule has 2 heterocycles. The molecule has 66 heavy (non-hydrogen) atoms. The van der Waals surface area contributed by atoms with Gasteiger partial charge in [-0.25, -0.2) is 0 Å². The largest absolute Gasteiger partial charge is 0.455 e. The highest BCUT2D eigenvalue weighted by Gasteiger charge is 2.21. The van der Waals surface area contributed by atoms with Crippen LogP contribution in [-0.2, 0) is 0 Å². The number of nitrogens with zero attached hydrogens (tertiary/aromatic N) is 5. The van der Waals surface area contributed by atoms with Crippen LogP contribution in [0, 0.1) is 0 Å². The minimum atomic E-state index is 0.806. The molecule has 0 bridgehead atoms. The van der Waals surface area contributed by atoms with Crippen LogP contribution in [0.4, 0.5) is 34.1 Å². The van der Waals surface area contributed by atoms with Crippen molar-refractivity contribution in [2.24, 2.45) is 0 Å². The lowest BCUT2D eigenvalue weighted by Crippen LogP contribution is -2.10. The van der Waals surface area contributed by atoms with Crippen molar-refractivity contribution in [2.75, 3.05) is 9.80 Å². The van der Waals surface area contributed by atoms with Gasteiger partial charge in [0.25, 0.3) is 0 Å². The zero-order valence-corrected chi connectivity index (χ0v) is 35.8. The highest BCUT2D eigenvalue weighted by Crippen LogP contribution is 2.45. The Morgan fingerprint density at radius 2 is 0.803 bits per heavy atom. The second-order valence-corrected chi connectivity index (χ2v) is 16.4. The van der Waals surface area contributed by atoms with Gasteiger partial charge in [-0.1, -0.05) is 133 Å². The van der Waals surface area contributed by atoms with E-state index in [1.165, 1.54) is 0 Å². The van der Waals surface area contributed by atoms with Crippen LogP contribution in [0.3, 0.4) is 0 Å². The molecule has 0 aliphatic heterocycles. The topological polar surface area (TPSA) is 50.3 Å². The maximum Gasteiger partial charge on any atom is 0.143 e. The summed E-state index contributed by atoms with van der Waals surface area (Å²) in [5, 5.41) is 11.9. The van der Waals surface area contributed by atoms with Crippen LogP contribution >= 0.6 is 0 Å². The maximum atomic E-state index is 6.98. The van der Waals surface area contributed by atoms with E-state index in [9.17, 15) is 0 Å². The predicted octanol–water partition coefficient (Wildman–Crippen LogP) is 16.3. The van der Waals surface area contributed by atoms with Crippen LogP contribution in [0.5, 0.6) is 0 Å². The monoisotopic (exact) mass is 847 g/mol. The van der Waals surface area contributed by atoms with E-state index < -0.39 is 0 Å². The Bertz CT molecular complexity index is 3590. The average Bonchev–Trinajstić information content (AvgIpc) is 3.99. The molecular formula is C60H41N5O. The van der Waals surface area contributed by atoms with Crippen LogP contribution in [0.15, 0.2) is 253 Å². The van der Waals surface area contributed by atoms with Gasteiger partial charge in [0, 0.05) is 56.5 Å². The molecule has 0 aliphatic rings. The molecule has 0 spiro atoms. The Hall–Kier alpha value is -9.00. The van der Waals surface area contributed by atoms with Gasteiger partial charge in [-0.3, -0.25) is 0 Å². The summed E-state index contributed by atoms with van der Waals surface area (Å²) in [6, 6.07) is 87.1. The minimum Gasteiger partial charge on any atom is -0.455 e. The fraction of sp³-hybridized carbons (Fsp3) is 0. The molecule has 6 nitrogen and oxygen atoms in total. The van der Waals surface area contributed by atoms with Gasteiger partial charge in [0.15, 0.2) is 0 Å². The standard InChI is InChI=1S/C60H41N5O/c1-7-19-42(20-8-1)44-35-45(37-53(36-44)64(49-27-15-5-16-28-49)51-32-34-57-58(40-51)62-65(61-57)50-29-17-6-18-30-50)46-38-55(43-21-9-2-10-22-43)60-56(39-46)54-33-31-52(41-59(54)66-60)63(47-23-11-3-12-24-47)48-25-13-4-14-26-48/h1-41H. The fourth-order valence-electron chi connectivity index (χ4n) is 9.05. The molecule has 312 valence electrons. The number of fused-ring (bicyclic) bond motifs is 4. The zero-order valence-electron chi connectivity index (χ0n) is 35.8. The zero-order chi connectivity index (χ0) is 43.8. The van der Waals surface area contributed by atoms with Crippen LogP contribution in [0.1, 0.15) is 0 Å². The molecule has 0 amide bonds. The normalized spacial score (nSPS) is 11.3. The second kappa shape index (κ2) is 16.6. The van der Waals surface area contributed by atoms with Crippen molar-refractivity contribution in [2.45, 2.75) is 0 Å². The van der Waals surface area contributed by atoms with Gasteiger partial charge >= 0.3 is 0 Å². The lowest BCUT2D eigenvalue weighted by atomic mass is 9.93. The quantitative estimate of drug-likeness (QED) is 0.137. The molecule has 0 N–H and O–H groups in total. The third-order valence-electron chi connectivity index (χ3n) is 12.2. The van der Waals surface area contributed by atoms with E-state index in [1.807, 2.05) is 30.3 Å². The van der Waals surface area contributed by atoms with Crippen molar-refractivity contribution >= 4 is 67.1 Å². The Morgan fingerprint density at radius 1 is 0.318 bits per heavy atom. The van der Waals surface area contributed by atoms with E-state index in [4.69, 9.17) is 14.6 Å². The molecule has 12 rings (SSSR count). The number of hydrogen-bond donors (Lipinski definition) is 0. The molecule has 0 atom stereocenters. The molecule has 0 saturated carbocycles. The van der Waals surface area contributed by atoms with E-state index in [-0.39, 0.29) is 0 Å². The lowest BCUT2D eigenvalue weighted by Gasteiger charge is -2.27. The first kappa shape index (κ1) is 38.7. The molecule has 0 saturated heterocycles. The minimum absolute atomic E-state index is 0.806. The van der Waals surface area contributed by atoms with Gasteiger partial charge in [-0.15, -0.1) is 10.2 Å². The third-order valence-corrected chi connectivity index (χ3v) is 12.2. The van der Waals surface area contributed by atoms with Crippen molar-refractivity contribution < 1.29 is 4.42 Å². The molecule has 10 aromatic carbocycles. The summed E-state index contributed by atoms with van der Waals surface area (Å²) in [7, 11) is 0. The number of aromatic nitrogens is 3. The lowest BCUT2D eigenvalue weighted by molar-refractivity contribution is 0.670. The first-order valence-corrected chi connectivity index (χ1v) is 22.1. The first-order valence-electron chi connectivity index (χ1n) is 22.1. The number of anilines is 6. The van der Waals surface area contributed by atoms with Crippen molar-refractivity contribution in [3.63, 3.8) is 0 Å². The van der Waals surface area contributed by atoms with Crippen LogP contribution in [-0.4, -0.2) is 15.0 Å². The molecular weight excluding hydrogens is 807 g/mol. The predicted molar refractivity (Wildman–Crippen MR) is 272 cm³/mol. The van der Waals surface area contributed by atoms with Gasteiger partial charge in [0.05, 0.1) is 5.69 Å². The van der Waals surface area contributed by atoms with Gasteiger partial charge in [0.1, 0.15) is 22.2 Å². The molecule has 12 aromatic rings. The second-order valence-electron chi connectivity index (χ2n) is 16.4. The summed E-state index contributed by atoms with van der Waals surface area (Å²) in [6.07, 6.45) is 0. The summed E-state index contributed by atoms with van der Waals surface area (Å²) >= 11 is 0. The number of furan rings is 1. The molecule has 2 aromatic heterocycles. The summed E-state index contributed by atoms with van der Waals surface area (Å²) in [5.41, 5.74) is 16.9. The van der Waals surface area contributed by atoms with Gasteiger partial charge in [0.2, 0.25) is 0 Å². The highest BCUT2D eigenvalue weighted by atomic mass is 16.3. The average molecular weight is 848 g/mol. The van der Waals surface area contributed by atoms with Gasteiger partial charge < -0.3 is 14.2 Å². The Balaban J connectivity index is 1.05. The Labute approximate surface area is 382 Å². The molecule has 6 heteroatoms. The number of para-hydroxylation sites is 4. The van der Waals surface area contributed by atoms with E-state index in [0.717, 1.165) is 106 Å². The number of hydrogen-bond acceptors (Lipinski definition) is 5. The fourth-order valence-corrected chi connectivity index (χ4v) is 9.05. The van der Waals surface area contributed by atoms with Gasteiger partial charge in [-0.2, -0.15) is 4.80 Å². The molecule has 0 aliphatic carbocycles. The Morgan fingerprint density at radius 3 is 1.42 bits per heavy atom. The van der Waals surface area contributed by atoms with Crippen LogP contribution in [0.2, 0.25) is 0 Å². The van der Waals surface area contributed by atoms with Crippen LogP contribution in [0.25, 0.3) is 72.0 Å². The van der Waals surface area contributed by atoms with E-state index >= 15 is 0 Å². The highest BCUT2D eigenvalue weighted by molar-refractivity contribution is 6.12. The SMILES string of the molecule is c1ccc(-c2cc(-c3cc(-c4ccccc4)c4oc5cc(N(c6ccccc6)c6ccccc6)ccc5c4c3)cc(N(c3ccccc3)c3ccc4nn(-c5ccccc5)nc4c3)c2)cc1. The molecule has 0 unspecified atom stereocenters. The van der Waals surface area contributed by atoms with E-state index in [0.29, 0.717) is 0 Å². The number of benzene rings is 10. The summed E-state index contributed by atoms with van der Waals surface area (Å²) in [6.45, 7) is 0. The molecule has 0 radical (unpaired) electrons. The summed E-state index contributed by atoms with van der Waals surface area (Å²) < 4.78 is 6.98. The van der Waals surface area contributed by atoms with Crippen molar-refractivity contribution in [3.05, 3.63) is 249 Å². The van der Waals surface area contributed by atoms with Crippen molar-refractivity contribution in [3.8, 4) is 39.1 Å².